The Morgan fingerprint density at radius 2 is 2.08 bits per heavy atom. The van der Waals surface area contributed by atoms with Crippen LogP contribution in [0.25, 0.3) is 0 Å². The number of thioether (sulfide) groups is 1. The number of carbonyl (C=O) groups excluding carboxylic acids is 1. The molecule has 2 heterocycles. The molecule has 0 radical (unpaired) electrons. The van der Waals surface area contributed by atoms with Crippen LogP contribution >= 0.6 is 11.8 Å². The minimum atomic E-state index is -3.09. The van der Waals surface area contributed by atoms with Gasteiger partial charge in [-0.1, -0.05) is 23.9 Å². The van der Waals surface area contributed by atoms with Gasteiger partial charge in [-0.3, -0.25) is 9.79 Å². The summed E-state index contributed by atoms with van der Waals surface area (Å²) in [6.07, 6.45) is 0.641. The van der Waals surface area contributed by atoms with Crippen LogP contribution in [-0.2, 0) is 25.8 Å². The number of aliphatic imine (C=N–C) groups is 1. The molecule has 2 atom stereocenters. The normalized spacial score (nSPS) is 23.6. The maximum absolute atomic E-state index is 13.0. The molecule has 1 aromatic rings. The first-order valence-electron chi connectivity index (χ1n) is 8.45. The second-order valence-electron chi connectivity index (χ2n) is 6.29. The summed E-state index contributed by atoms with van der Waals surface area (Å²) in [6.45, 7) is 2.64. The highest BCUT2D eigenvalue weighted by Gasteiger charge is 2.46. The molecule has 0 N–H and O–H groups in total. The minimum Gasteiger partial charge on any atom is -0.465 e. The summed E-state index contributed by atoms with van der Waals surface area (Å²) in [5.74, 6) is -0.332. The van der Waals surface area contributed by atoms with Gasteiger partial charge in [-0.15, -0.1) is 0 Å². The Kier molecular flexibility index (Phi) is 5.86. The molecule has 26 heavy (non-hydrogen) atoms. The summed E-state index contributed by atoms with van der Waals surface area (Å²) in [6, 6.07) is 5.79. The molecule has 3 rings (SSSR count). The van der Waals surface area contributed by atoms with Crippen LogP contribution in [0.1, 0.15) is 12.5 Å². The second-order valence-corrected chi connectivity index (χ2v) is 9.38. The second kappa shape index (κ2) is 7.96. The molecule has 2 unspecified atom stereocenters. The molecule has 0 amide bonds. The summed E-state index contributed by atoms with van der Waals surface area (Å²) in [7, 11) is -3.09. The van der Waals surface area contributed by atoms with Crippen molar-refractivity contribution in [1.82, 2.24) is 4.90 Å². The molecule has 2 aliphatic heterocycles. The van der Waals surface area contributed by atoms with Gasteiger partial charge in [0.25, 0.3) is 0 Å². The Hall–Kier alpha value is -1.61. The fraction of sp³-hybridized carbons (Fsp3) is 0.529. The SMILES string of the molecule is CCOC(=O)CSC1=NC2CS(=O)(=O)CC2N1CCc1ccc(F)cc1. The number of hydrogen-bond donors (Lipinski definition) is 0. The third kappa shape index (κ3) is 4.56. The number of sulfone groups is 1. The number of nitrogens with zero attached hydrogens (tertiary/aromatic N) is 2. The van der Waals surface area contributed by atoms with E-state index in [2.05, 4.69) is 4.99 Å². The molecular formula is C17H21FN2O4S2. The third-order valence-electron chi connectivity index (χ3n) is 4.39. The van der Waals surface area contributed by atoms with Crippen molar-refractivity contribution in [3.05, 3.63) is 35.6 Å². The van der Waals surface area contributed by atoms with Crippen LogP contribution < -0.4 is 0 Å². The van der Waals surface area contributed by atoms with Crippen molar-refractivity contribution < 1.29 is 22.3 Å². The molecule has 0 spiro atoms. The van der Waals surface area contributed by atoms with Gasteiger partial charge < -0.3 is 9.64 Å². The Bertz CT molecular complexity index is 795. The van der Waals surface area contributed by atoms with E-state index in [1.165, 1.54) is 23.9 Å². The minimum absolute atomic E-state index is 0.0498. The monoisotopic (exact) mass is 400 g/mol. The predicted octanol–water partition coefficient (Wildman–Crippen LogP) is 1.50. The molecule has 0 bridgehead atoms. The number of fused-ring (bicyclic) bond motifs is 1. The zero-order chi connectivity index (χ0) is 18.7. The number of ether oxygens (including phenoxy) is 1. The van der Waals surface area contributed by atoms with Crippen LogP contribution in [0.15, 0.2) is 29.3 Å². The molecule has 142 valence electrons. The summed E-state index contributed by atoms with van der Waals surface area (Å²) in [4.78, 5) is 18.1. The Balaban J connectivity index is 1.69. The molecular weight excluding hydrogens is 379 g/mol. The fourth-order valence-corrected chi connectivity index (χ4v) is 6.01. The highest BCUT2D eigenvalue weighted by atomic mass is 32.2. The van der Waals surface area contributed by atoms with Crippen molar-refractivity contribution in [2.24, 2.45) is 4.99 Å². The highest BCUT2D eigenvalue weighted by Crippen LogP contribution is 2.31. The van der Waals surface area contributed by atoms with E-state index in [0.29, 0.717) is 24.7 Å². The van der Waals surface area contributed by atoms with Crippen LogP contribution in [0.2, 0.25) is 0 Å². The average molecular weight is 400 g/mol. The van der Waals surface area contributed by atoms with E-state index < -0.39 is 9.84 Å². The predicted molar refractivity (Wildman–Crippen MR) is 99.6 cm³/mol. The maximum atomic E-state index is 13.0. The first kappa shape index (κ1) is 19.2. The van der Waals surface area contributed by atoms with Gasteiger partial charge in [0.1, 0.15) is 5.82 Å². The number of rotatable bonds is 6. The van der Waals surface area contributed by atoms with Crippen LogP contribution in [0.4, 0.5) is 4.39 Å². The molecule has 9 heteroatoms. The largest absolute Gasteiger partial charge is 0.465 e. The lowest BCUT2D eigenvalue weighted by atomic mass is 10.1. The number of benzene rings is 1. The quantitative estimate of drug-likeness (QED) is 0.674. The van der Waals surface area contributed by atoms with E-state index in [0.717, 1.165) is 5.56 Å². The number of esters is 1. The van der Waals surface area contributed by atoms with Gasteiger partial charge in [0.2, 0.25) is 0 Å². The molecule has 0 aromatic heterocycles. The molecule has 1 fully saturated rings. The summed E-state index contributed by atoms with van der Waals surface area (Å²) >= 11 is 1.28. The molecule has 0 aliphatic carbocycles. The van der Waals surface area contributed by atoms with E-state index in [1.54, 1.807) is 19.1 Å². The van der Waals surface area contributed by atoms with Crippen molar-refractivity contribution in [3.63, 3.8) is 0 Å². The van der Waals surface area contributed by atoms with Gasteiger partial charge >= 0.3 is 5.97 Å². The Labute approximate surface area is 156 Å². The molecule has 6 nitrogen and oxygen atoms in total. The molecule has 1 aromatic carbocycles. The lowest BCUT2D eigenvalue weighted by Crippen LogP contribution is -2.40. The first-order chi connectivity index (χ1) is 12.4. The summed E-state index contributed by atoms with van der Waals surface area (Å²) < 4.78 is 41.9. The third-order valence-corrected chi connectivity index (χ3v) is 7.07. The van der Waals surface area contributed by atoms with Crippen molar-refractivity contribution in [2.75, 3.05) is 30.4 Å². The van der Waals surface area contributed by atoms with Gasteiger partial charge in [-0.25, -0.2) is 12.8 Å². The maximum Gasteiger partial charge on any atom is 0.316 e. The smallest absolute Gasteiger partial charge is 0.316 e. The van der Waals surface area contributed by atoms with Crippen LogP contribution in [0.3, 0.4) is 0 Å². The van der Waals surface area contributed by atoms with Gasteiger partial charge in [0.15, 0.2) is 15.0 Å². The number of halogens is 1. The van der Waals surface area contributed by atoms with E-state index in [4.69, 9.17) is 4.74 Å². The molecule has 2 aliphatic rings. The highest BCUT2D eigenvalue weighted by molar-refractivity contribution is 8.14. The number of amidine groups is 1. The Morgan fingerprint density at radius 3 is 2.77 bits per heavy atom. The van der Waals surface area contributed by atoms with E-state index in [1.807, 2.05) is 4.90 Å². The lowest BCUT2D eigenvalue weighted by Gasteiger charge is -2.26. The van der Waals surface area contributed by atoms with Crippen LogP contribution in [0.5, 0.6) is 0 Å². The van der Waals surface area contributed by atoms with Gasteiger partial charge in [0.05, 0.1) is 35.9 Å². The zero-order valence-electron chi connectivity index (χ0n) is 14.4. The standard InChI is InChI=1S/C17H21FN2O4S2/c1-2-24-16(21)9-25-17-19-14-10-26(22,23)11-15(14)20(17)8-7-12-3-5-13(18)6-4-12/h3-6,14-15H,2,7-11H2,1H3. The topological polar surface area (TPSA) is 76.0 Å². The molecule has 1 saturated heterocycles. The number of hydrogen-bond acceptors (Lipinski definition) is 7. The average Bonchev–Trinajstić information content (AvgIpc) is 3.04. The zero-order valence-corrected chi connectivity index (χ0v) is 16.1. The van der Waals surface area contributed by atoms with E-state index in [-0.39, 0.29) is 41.1 Å². The van der Waals surface area contributed by atoms with Crippen LogP contribution in [-0.4, -0.2) is 66.9 Å². The van der Waals surface area contributed by atoms with Crippen molar-refractivity contribution in [2.45, 2.75) is 25.4 Å². The van der Waals surface area contributed by atoms with Crippen molar-refractivity contribution in [1.29, 1.82) is 0 Å². The Morgan fingerprint density at radius 1 is 1.35 bits per heavy atom. The van der Waals surface area contributed by atoms with Gasteiger partial charge in [-0.05, 0) is 31.0 Å². The first-order valence-corrected chi connectivity index (χ1v) is 11.3. The van der Waals surface area contributed by atoms with Crippen molar-refractivity contribution >= 4 is 32.7 Å². The van der Waals surface area contributed by atoms with Crippen LogP contribution in [0, 0.1) is 5.82 Å². The van der Waals surface area contributed by atoms with E-state index >= 15 is 0 Å². The fourth-order valence-electron chi connectivity index (χ4n) is 3.20. The number of carbonyl (C=O) groups is 1. The summed E-state index contributed by atoms with van der Waals surface area (Å²) in [5.41, 5.74) is 0.963. The molecule has 0 saturated carbocycles. The van der Waals surface area contributed by atoms with Crippen molar-refractivity contribution in [3.8, 4) is 0 Å². The summed E-state index contributed by atoms with van der Waals surface area (Å²) in [5, 5.41) is 0.685. The lowest BCUT2D eigenvalue weighted by molar-refractivity contribution is -0.139. The van der Waals surface area contributed by atoms with Gasteiger partial charge in [-0.2, -0.15) is 0 Å². The van der Waals surface area contributed by atoms with E-state index in [9.17, 15) is 17.6 Å². The van der Waals surface area contributed by atoms with Gasteiger partial charge in [0, 0.05) is 6.54 Å².